The van der Waals surface area contributed by atoms with Crippen LogP contribution >= 0.6 is 11.8 Å². The minimum Gasteiger partial charge on any atom is -0.437 e. The third-order valence-corrected chi connectivity index (χ3v) is 6.41. The van der Waals surface area contributed by atoms with Crippen LogP contribution in [0.15, 0.2) is 42.5 Å². The molecule has 2 amide bonds. The first kappa shape index (κ1) is 17.6. The third kappa shape index (κ3) is 3.00. The van der Waals surface area contributed by atoms with Crippen molar-refractivity contribution in [2.24, 2.45) is 0 Å². The van der Waals surface area contributed by atoms with Gasteiger partial charge >= 0.3 is 0 Å². The lowest BCUT2D eigenvalue weighted by molar-refractivity contribution is -0.119. The van der Waals surface area contributed by atoms with Crippen molar-refractivity contribution in [3.8, 4) is 17.7 Å². The van der Waals surface area contributed by atoms with Crippen LogP contribution in [0.4, 0.5) is 4.79 Å². The van der Waals surface area contributed by atoms with Gasteiger partial charge in [0, 0.05) is 16.7 Å². The van der Waals surface area contributed by atoms with Crippen molar-refractivity contribution in [2.45, 2.75) is 24.0 Å². The molecule has 2 aromatic carbocycles. The van der Waals surface area contributed by atoms with Gasteiger partial charge in [-0.2, -0.15) is 5.26 Å². The number of amides is 2. The Hall–Kier alpha value is -3.44. The van der Waals surface area contributed by atoms with Crippen LogP contribution in [0.1, 0.15) is 29.2 Å². The summed E-state index contributed by atoms with van der Waals surface area (Å²) in [4.78, 5) is 23.6. The van der Waals surface area contributed by atoms with Gasteiger partial charge in [-0.05, 0) is 42.2 Å². The number of thioether (sulfide) groups is 1. The Labute approximate surface area is 170 Å². The van der Waals surface area contributed by atoms with Gasteiger partial charge in [0.05, 0.1) is 0 Å². The zero-order chi connectivity index (χ0) is 20.0. The SMILES string of the molecule is N#Cc1nnc(Oc2ccc3c(c2)CC[C@@H]3C2SC(=O)NC2=O)c2ccccc12. The molecule has 0 radical (unpaired) electrons. The molecule has 8 heteroatoms. The van der Waals surface area contributed by atoms with Crippen LogP contribution in [0.5, 0.6) is 11.6 Å². The molecule has 1 aromatic heterocycles. The fourth-order valence-electron chi connectivity index (χ4n) is 3.99. The summed E-state index contributed by atoms with van der Waals surface area (Å²) in [6.45, 7) is 0. The summed E-state index contributed by atoms with van der Waals surface area (Å²) in [5.74, 6) is 0.766. The molecule has 1 unspecified atom stereocenters. The van der Waals surface area contributed by atoms with Gasteiger partial charge in [-0.15, -0.1) is 10.2 Å². The molecule has 0 bridgehead atoms. The van der Waals surface area contributed by atoms with Gasteiger partial charge in [0.2, 0.25) is 11.8 Å². The number of fused-ring (bicyclic) bond motifs is 2. The smallest absolute Gasteiger partial charge is 0.286 e. The second-order valence-electron chi connectivity index (χ2n) is 6.93. The molecule has 0 saturated carbocycles. The Kier molecular flexibility index (Phi) is 4.18. The van der Waals surface area contributed by atoms with Crippen LogP contribution in [0.25, 0.3) is 10.8 Å². The number of aromatic nitrogens is 2. The lowest BCUT2D eigenvalue weighted by Gasteiger charge is -2.16. The largest absolute Gasteiger partial charge is 0.437 e. The molecule has 3 aromatic rings. The number of carbonyl (C=O) groups is 2. The van der Waals surface area contributed by atoms with E-state index in [9.17, 15) is 14.9 Å². The molecule has 142 valence electrons. The number of hydrogen-bond acceptors (Lipinski definition) is 7. The molecule has 1 aliphatic carbocycles. The van der Waals surface area contributed by atoms with Crippen molar-refractivity contribution in [3.63, 3.8) is 0 Å². The van der Waals surface area contributed by atoms with Crippen molar-refractivity contribution in [1.82, 2.24) is 15.5 Å². The fourth-order valence-corrected chi connectivity index (χ4v) is 4.99. The molecule has 2 atom stereocenters. The normalized spacial score (nSPS) is 20.4. The molecule has 1 aliphatic heterocycles. The first-order valence-electron chi connectivity index (χ1n) is 9.12. The number of rotatable bonds is 3. The molecule has 2 heterocycles. The number of nitrogens with zero attached hydrogens (tertiary/aromatic N) is 3. The van der Waals surface area contributed by atoms with Crippen molar-refractivity contribution in [1.29, 1.82) is 5.26 Å². The molecule has 29 heavy (non-hydrogen) atoms. The van der Waals surface area contributed by atoms with Gasteiger partial charge < -0.3 is 4.74 Å². The van der Waals surface area contributed by atoms with Gasteiger partial charge in [-0.3, -0.25) is 14.9 Å². The van der Waals surface area contributed by atoms with Gasteiger partial charge in [0.1, 0.15) is 17.1 Å². The van der Waals surface area contributed by atoms with Crippen LogP contribution in [-0.2, 0) is 11.2 Å². The summed E-state index contributed by atoms with van der Waals surface area (Å²) in [6, 6.07) is 15.1. The van der Waals surface area contributed by atoms with E-state index in [0.717, 1.165) is 41.1 Å². The Morgan fingerprint density at radius 1 is 1.14 bits per heavy atom. The zero-order valence-electron chi connectivity index (χ0n) is 15.1. The predicted molar refractivity (Wildman–Crippen MR) is 107 cm³/mol. The average Bonchev–Trinajstić information content (AvgIpc) is 3.29. The van der Waals surface area contributed by atoms with Gasteiger partial charge in [-0.25, -0.2) is 0 Å². The number of nitriles is 1. The van der Waals surface area contributed by atoms with E-state index >= 15 is 0 Å². The molecule has 1 saturated heterocycles. The zero-order valence-corrected chi connectivity index (χ0v) is 15.9. The van der Waals surface area contributed by atoms with Crippen LogP contribution in [-0.4, -0.2) is 26.6 Å². The van der Waals surface area contributed by atoms with Crippen LogP contribution < -0.4 is 10.1 Å². The average molecular weight is 402 g/mol. The number of carbonyl (C=O) groups excluding carboxylic acids is 2. The molecule has 1 N–H and O–H groups in total. The summed E-state index contributed by atoms with van der Waals surface area (Å²) in [5.41, 5.74) is 2.44. The first-order chi connectivity index (χ1) is 14.1. The summed E-state index contributed by atoms with van der Waals surface area (Å²) in [6.07, 6.45) is 1.63. The highest BCUT2D eigenvalue weighted by Gasteiger charge is 2.41. The van der Waals surface area contributed by atoms with E-state index in [1.807, 2.05) is 48.5 Å². The molecule has 5 rings (SSSR count). The highest BCUT2D eigenvalue weighted by atomic mass is 32.2. The Morgan fingerprint density at radius 2 is 1.97 bits per heavy atom. The van der Waals surface area contributed by atoms with Crippen LogP contribution in [0.3, 0.4) is 0 Å². The van der Waals surface area contributed by atoms with E-state index in [-0.39, 0.29) is 28.0 Å². The predicted octanol–water partition coefficient (Wildman–Crippen LogP) is 3.68. The van der Waals surface area contributed by atoms with Crippen LogP contribution in [0, 0.1) is 11.3 Å². The third-order valence-electron chi connectivity index (χ3n) is 5.30. The van der Waals surface area contributed by atoms with E-state index in [1.165, 1.54) is 0 Å². The van der Waals surface area contributed by atoms with Gasteiger partial charge in [-0.1, -0.05) is 36.0 Å². The lowest BCUT2D eigenvalue weighted by Crippen LogP contribution is -2.27. The molecule has 2 aliphatic rings. The van der Waals surface area contributed by atoms with E-state index in [1.54, 1.807) is 0 Å². The summed E-state index contributed by atoms with van der Waals surface area (Å²) in [7, 11) is 0. The Balaban J connectivity index is 1.45. The maximum absolute atomic E-state index is 12.1. The van der Waals surface area contributed by atoms with Crippen LogP contribution in [0.2, 0.25) is 0 Å². The number of nitrogens with one attached hydrogen (secondary N) is 1. The Bertz CT molecular complexity index is 1220. The van der Waals surface area contributed by atoms with Gasteiger partial charge in [0.15, 0.2) is 5.69 Å². The monoisotopic (exact) mass is 402 g/mol. The number of hydrogen-bond donors (Lipinski definition) is 1. The second-order valence-corrected chi connectivity index (χ2v) is 8.05. The van der Waals surface area contributed by atoms with E-state index < -0.39 is 0 Å². The van der Waals surface area contributed by atoms with Crippen molar-refractivity contribution < 1.29 is 14.3 Å². The number of imide groups is 1. The quantitative estimate of drug-likeness (QED) is 0.712. The first-order valence-corrected chi connectivity index (χ1v) is 9.99. The lowest BCUT2D eigenvalue weighted by atomic mass is 9.97. The molecular weight excluding hydrogens is 388 g/mol. The molecule has 1 fully saturated rings. The molecular formula is C21H14N4O3S. The topological polar surface area (TPSA) is 105 Å². The van der Waals surface area contributed by atoms with Crippen molar-refractivity contribution in [2.75, 3.05) is 0 Å². The number of aryl methyl sites for hydroxylation is 1. The summed E-state index contributed by atoms with van der Waals surface area (Å²) in [5, 5.41) is 20.4. The summed E-state index contributed by atoms with van der Waals surface area (Å²) >= 11 is 1.07. The van der Waals surface area contributed by atoms with E-state index in [2.05, 4.69) is 15.5 Å². The number of ether oxygens (including phenoxy) is 1. The molecule has 7 nitrogen and oxygen atoms in total. The van der Waals surface area contributed by atoms with Crippen molar-refractivity contribution >= 4 is 33.7 Å². The summed E-state index contributed by atoms with van der Waals surface area (Å²) < 4.78 is 5.99. The maximum atomic E-state index is 12.1. The standard InChI is InChI=1S/C21H14N4O3S/c22-10-17-14-3-1-2-4-16(14)20(25-24-17)28-12-6-8-13-11(9-12)5-7-15(13)18-19(26)23-21(27)29-18/h1-4,6,8-9,15,18H,5,7H2,(H,23,26,27)/t15-,18?/m0/s1. The van der Waals surface area contributed by atoms with Gasteiger partial charge in [0.25, 0.3) is 5.24 Å². The minimum atomic E-state index is -0.371. The second kappa shape index (κ2) is 6.87. The van der Waals surface area contributed by atoms with E-state index in [4.69, 9.17) is 4.74 Å². The minimum absolute atomic E-state index is 0.0195. The maximum Gasteiger partial charge on any atom is 0.286 e. The van der Waals surface area contributed by atoms with E-state index in [0.29, 0.717) is 17.0 Å². The Morgan fingerprint density at radius 3 is 2.72 bits per heavy atom. The van der Waals surface area contributed by atoms with Crippen molar-refractivity contribution in [3.05, 3.63) is 59.3 Å². The fraction of sp³-hybridized carbons (Fsp3) is 0.190. The highest BCUT2D eigenvalue weighted by Crippen LogP contribution is 2.43. The number of benzene rings is 2. The highest BCUT2D eigenvalue weighted by molar-refractivity contribution is 8.15. The molecule has 0 spiro atoms.